The highest BCUT2D eigenvalue weighted by Crippen LogP contribution is 2.49. The number of allylic oxidation sites excluding steroid dienone is 2. The second kappa shape index (κ2) is 9.46. The molecule has 1 aliphatic carbocycles. The van der Waals surface area contributed by atoms with Crippen LogP contribution in [0.2, 0.25) is 26.2 Å². The van der Waals surface area contributed by atoms with Gasteiger partial charge in [0.05, 0.1) is 0 Å². The topological polar surface area (TPSA) is 24.1 Å². The van der Waals surface area contributed by atoms with Gasteiger partial charge in [-0.2, -0.15) is 0 Å². The Labute approximate surface area is 200 Å². The molecule has 0 spiro atoms. The molecule has 2 nitrogen and oxygen atoms in total. The van der Waals surface area contributed by atoms with E-state index in [4.69, 9.17) is 11.1 Å². The van der Waals surface area contributed by atoms with Gasteiger partial charge >= 0.3 is 0 Å². The third kappa shape index (κ3) is 7.85. The van der Waals surface area contributed by atoms with Crippen molar-refractivity contribution in [3.8, 4) is 0 Å². The quantitative estimate of drug-likeness (QED) is 0.338. The summed E-state index contributed by atoms with van der Waals surface area (Å²) in [6.07, 6.45) is 0. The Morgan fingerprint density at radius 2 is 1.23 bits per heavy atom. The predicted octanol–water partition coefficient (Wildman–Crippen LogP) is 7.95. The minimum Gasteiger partial charge on any atom is -0.332 e. The molecule has 1 unspecified atom stereocenters. The predicted molar refractivity (Wildman–Crippen MR) is 148 cm³/mol. The fourth-order valence-electron chi connectivity index (χ4n) is 5.44. The van der Waals surface area contributed by atoms with Gasteiger partial charge in [0.25, 0.3) is 0 Å². The van der Waals surface area contributed by atoms with Crippen LogP contribution in [0.25, 0.3) is 5.57 Å². The number of fused-ring (bicyclic) bond motifs is 1. The monoisotopic (exact) mass is 480 g/mol. The molecule has 31 heavy (non-hydrogen) atoms. The summed E-state index contributed by atoms with van der Waals surface area (Å²) >= 11 is 6.05. The highest BCUT2D eigenvalue weighted by Gasteiger charge is 2.43. The summed E-state index contributed by atoms with van der Waals surface area (Å²) in [5, 5.41) is 0. The van der Waals surface area contributed by atoms with Crippen molar-refractivity contribution >= 4 is 32.4 Å². The van der Waals surface area contributed by atoms with E-state index in [1.54, 1.807) is 11.1 Å². The van der Waals surface area contributed by atoms with Gasteiger partial charge in [0, 0.05) is 16.6 Å². The lowest BCUT2D eigenvalue weighted by Crippen LogP contribution is -2.58. The van der Waals surface area contributed by atoms with Gasteiger partial charge in [0.1, 0.15) is 8.24 Å². The van der Waals surface area contributed by atoms with Crippen molar-refractivity contribution in [2.75, 3.05) is 0 Å². The zero-order valence-corrected chi connectivity index (χ0v) is 25.8. The van der Waals surface area contributed by atoms with Crippen molar-refractivity contribution < 1.29 is 0 Å². The zero-order chi connectivity index (χ0) is 24.7. The van der Waals surface area contributed by atoms with Gasteiger partial charge in [-0.3, -0.25) is 0 Å². The second-order valence-electron chi connectivity index (χ2n) is 12.6. The van der Waals surface area contributed by atoms with E-state index >= 15 is 0 Å². The molecular weight excluding hydrogens is 432 g/mol. The Balaban J connectivity index is 0.000000452. The van der Waals surface area contributed by atoms with Crippen molar-refractivity contribution in [2.24, 2.45) is 0 Å². The SMILES string of the molecule is CC(C)(C)N[Si](C)(C)Cl.CC1=C(C)C([Si](C)(C)NC(C)(C)C)c2c(C)c(C)cc(C)c21. The lowest BCUT2D eigenvalue weighted by atomic mass is 9.93. The molecule has 1 aromatic carbocycles. The van der Waals surface area contributed by atoms with Crippen LogP contribution < -0.4 is 9.96 Å². The summed E-state index contributed by atoms with van der Waals surface area (Å²) in [4.78, 5) is 7.36. The molecule has 0 aromatic heterocycles. The Hall–Kier alpha value is -0.396. The molecule has 0 radical (unpaired) electrons. The van der Waals surface area contributed by atoms with E-state index in [0.717, 1.165) is 0 Å². The van der Waals surface area contributed by atoms with Crippen LogP contribution >= 0.6 is 11.1 Å². The van der Waals surface area contributed by atoms with Crippen molar-refractivity contribution in [3.05, 3.63) is 39.5 Å². The summed E-state index contributed by atoms with van der Waals surface area (Å²) < 4.78 is 0. The minimum atomic E-state index is -1.65. The first-order valence-electron chi connectivity index (χ1n) is 11.6. The van der Waals surface area contributed by atoms with E-state index in [1.165, 1.54) is 27.8 Å². The molecule has 1 aliphatic rings. The molecule has 0 heterocycles. The van der Waals surface area contributed by atoms with Gasteiger partial charge in [-0.15, -0.1) is 11.1 Å². The Kier molecular flexibility index (Phi) is 8.74. The molecule has 2 N–H and O–H groups in total. The summed E-state index contributed by atoms with van der Waals surface area (Å²) in [5.41, 5.74) is 11.5. The molecule has 0 saturated heterocycles. The highest BCUT2D eigenvalue weighted by molar-refractivity contribution is 7.17. The number of halogens is 1. The lowest BCUT2D eigenvalue weighted by molar-refractivity contribution is 0.508. The average Bonchev–Trinajstić information content (AvgIpc) is 2.72. The molecular formula is C26H49ClN2Si2. The van der Waals surface area contributed by atoms with E-state index < -0.39 is 15.8 Å². The molecule has 1 atom stereocenters. The van der Waals surface area contributed by atoms with E-state index in [9.17, 15) is 0 Å². The van der Waals surface area contributed by atoms with E-state index in [0.29, 0.717) is 5.54 Å². The smallest absolute Gasteiger partial charge is 0.220 e. The zero-order valence-electron chi connectivity index (χ0n) is 23.0. The number of hydrogen-bond donors (Lipinski definition) is 2. The normalized spacial score (nSPS) is 17.5. The van der Waals surface area contributed by atoms with Crippen LogP contribution in [-0.4, -0.2) is 26.9 Å². The number of aryl methyl sites for hydroxylation is 2. The first-order chi connectivity index (χ1) is 13.6. The lowest BCUT2D eigenvalue weighted by Gasteiger charge is -2.39. The van der Waals surface area contributed by atoms with Gasteiger partial charge in [-0.1, -0.05) is 24.7 Å². The molecule has 0 bridgehead atoms. The summed E-state index contributed by atoms with van der Waals surface area (Å²) in [6, 6.07) is 2.36. The number of rotatable bonds is 3. The standard InChI is InChI=1S/C20H33NSi.C6H16ClNSi/c1-12-11-13(2)17-15(4)16(5)19(18(17)14(12)3)22(9,10)21-20(6,7)8;1-6(2,3)8-9(4,5)7/h11,19,21H,1-10H3;8H,1-5H3. The van der Waals surface area contributed by atoms with Crippen LogP contribution in [0.15, 0.2) is 11.6 Å². The Morgan fingerprint density at radius 3 is 1.58 bits per heavy atom. The highest BCUT2D eigenvalue weighted by atomic mass is 35.6. The van der Waals surface area contributed by atoms with Crippen molar-refractivity contribution in [2.45, 2.75) is 119 Å². The van der Waals surface area contributed by atoms with Gasteiger partial charge < -0.3 is 9.96 Å². The maximum Gasteiger partial charge on any atom is 0.220 e. The first kappa shape index (κ1) is 28.6. The van der Waals surface area contributed by atoms with Crippen molar-refractivity contribution in [1.82, 2.24) is 9.96 Å². The molecule has 0 aliphatic heterocycles. The third-order valence-electron chi connectivity index (χ3n) is 5.87. The summed E-state index contributed by atoms with van der Waals surface area (Å²) in [7, 11) is -3.22. The van der Waals surface area contributed by atoms with Gasteiger partial charge in [-0.05, 0) is 123 Å². The van der Waals surface area contributed by atoms with E-state index in [1.807, 2.05) is 0 Å². The maximum atomic E-state index is 6.05. The molecule has 2 rings (SSSR count). The Bertz CT molecular complexity index is 823. The maximum absolute atomic E-state index is 6.05. The van der Waals surface area contributed by atoms with Crippen LogP contribution in [0.1, 0.15) is 88.7 Å². The van der Waals surface area contributed by atoms with Gasteiger partial charge in [0.15, 0.2) is 0 Å². The summed E-state index contributed by atoms with van der Waals surface area (Å²) in [5.74, 6) is 0. The molecule has 0 fully saturated rings. The minimum absolute atomic E-state index is 0.164. The summed E-state index contributed by atoms with van der Waals surface area (Å²) in [6.45, 7) is 33.9. The molecule has 0 amide bonds. The molecule has 5 heteroatoms. The third-order valence-corrected chi connectivity index (χ3v) is 11.1. The largest absolute Gasteiger partial charge is 0.332 e. The number of hydrogen-bond acceptors (Lipinski definition) is 2. The molecule has 0 saturated carbocycles. The van der Waals surface area contributed by atoms with E-state index in [2.05, 4.69) is 118 Å². The van der Waals surface area contributed by atoms with E-state index in [-0.39, 0.29) is 11.1 Å². The van der Waals surface area contributed by atoms with Crippen molar-refractivity contribution in [1.29, 1.82) is 0 Å². The van der Waals surface area contributed by atoms with Gasteiger partial charge in [0.2, 0.25) is 7.55 Å². The fourth-order valence-corrected chi connectivity index (χ4v) is 12.5. The molecule has 1 aromatic rings. The van der Waals surface area contributed by atoms with Crippen LogP contribution in [0, 0.1) is 20.8 Å². The van der Waals surface area contributed by atoms with Crippen LogP contribution in [0.4, 0.5) is 0 Å². The fraction of sp³-hybridized carbons (Fsp3) is 0.692. The Morgan fingerprint density at radius 1 is 0.774 bits per heavy atom. The average molecular weight is 481 g/mol. The van der Waals surface area contributed by atoms with Crippen molar-refractivity contribution in [3.63, 3.8) is 0 Å². The first-order valence-corrected chi connectivity index (χ1v) is 18.7. The van der Waals surface area contributed by atoms with Crippen LogP contribution in [-0.2, 0) is 0 Å². The number of nitrogens with one attached hydrogen (secondary N) is 2. The second-order valence-corrected chi connectivity index (χ2v) is 22.9. The van der Waals surface area contributed by atoms with Gasteiger partial charge in [-0.25, -0.2) is 0 Å². The van der Waals surface area contributed by atoms with Crippen LogP contribution in [0.3, 0.4) is 0 Å². The molecule has 178 valence electrons. The van der Waals surface area contributed by atoms with Crippen LogP contribution in [0.5, 0.6) is 0 Å². The number of benzene rings is 1.